The zero-order valence-electron chi connectivity index (χ0n) is 15.6. The topological polar surface area (TPSA) is 41.4 Å². The second-order valence-electron chi connectivity index (χ2n) is 7.81. The van der Waals surface area contributed by atoms with Crippen molar-refractivity contribution < 1.29 is 18.0 Å². The molecule has 5 nitrogen and oxygen atoms in total. The molecule has 1 aromatic rings. The fraction of sp³-hybridized carbons (Fsp3) is 0.778. The maximum atomic E-state index is 13.6. The molecule has 26 heavy (non-hydrogen) atoms. The fourth-order valence-corrected chi connectivity index (χ4v) is 4.20. The van der Waals surface area contributed by atoms with E-state index in [1.54, 1.807) is 11.8 Å². The van der Waals surface area contributed by atoms with Crippen molar-refractivity contribution in [1.29, 1.82) is 0 Å². The van der Waals surface area contributed by atoms with E-state index in [2.05, 4.69) is 10.00 Å². The molecule has 1 amide bonds. The molecule has 0 aliphatic carbocycles. The van der Waals surface area contributed by atoms with Gasteiger partial charge in [0.05, 0.1) is 11.6 Å². The number of hydrogen-bond donors (Lipinski definition) is 0. The minimum atomic E-state index is -4.64. The standard InChI is InChI=1S/C18H27F3N4O/c1-12-6-4-9-24(10-12)17(26)15-13(2)25(22-16(15)18(19,20)21)14-7-5-8-23(3)11-14/h12,14H,4-11H2,1-3H3/t12-,14+/m0/s1. The Balaban J connectivity index is 1.98. The van der Waals surface area contributed by atoms with Crippen molar-refractivity contribution in [2.24, 2.45) is 5.92 Å². The highest BCUT2D eigenvalue weighted by Gasteiger charge is 2.43. The van der Waals surface area contributed by atoms with Crippen LogP contribution in [0.4, 0.5) is 13.2 Å². The Labute approximate surface area is 152 Å². The van der Waals surface area contributed by atoms with Crippen LogP contribution >= 0.6 is 0 Å². The minimum absolute atomic E-state index is 0.128. The molecule has 2 aliphatic heterocycles. The molecule has 0 aromatic carbocycles. The maximum absolute atomic E-state index is 13.6. The Morgan fingerprint density at radius 3 is 2.46 bits per heavy atom. The minimum Gasteiger partial charge on any atom is -0.338 e. The molecule has 2 atom stereocenters. The van der Waals surface area contributed by atoms with Crippen LogP contribution in [0.15, 0.2) is 0 Å². The van der Waals surface area contributed by atoms with E-state index in [9.17, 15) is 18.0 Å². The molecular weight excluding hydrogens is 345 g/mol. The predicted molar refractivity (Wildman–Crippen MR) is 92.0 cm³/mol. The number of hydrogen-bond acceptors (Lipinski definition) is 3. The molecule has 2 saturated heterocycles. The van der Waals surface area contributed by atoms with Gasteiger partial charge in [-0.15, -0.1) is 0 Å². The van der Waals surface area contributed by atoms with Gasteiger partial charge >= 0.3 is 6.18 Å². The van der Waals surface area contributed by atoms with Gasteiger partial charge in [-0.2, -0.15) is 18.3 Å². The van der Waals surface area contributed by atoms with Gasteiger partial charge in [-0.1, -0.05) is 6.92 Å². The van der Waals surface area contributed by atoms with E-state index >= 15 is 0 Å². The molecule has 3 heterocycles. The van der Waals surface area contributed by atoms with Crippen molar-refractivity contribution in [2.75, 3.05) is 33.2 Å². The highest BCUT2D eigenvalue weighted by molar-refractivity contribution is 5.96. The number of aromatic nitrogens is 2. The Bertz CT molecular complexity index is 670. The molecule has 3 rings (SSSR count). The number of carbonyl (C=O) groups is 1. The summed E-state index contributed by atoms with van der Waals surface area (Å²) >= 11 is 0. The third-order valence-corrected chi connectivity index (χ3v) is 5.52. The summed E-state index contributed by atoms with van der Waals surface area (Å²) in [4.78, 5) is 16.6. The first-order valence-electron chi connectivity index (χ1n) is 9.32. The van der Waals surface area contributed by atoms with E-state index in [4.69, 9.17) is 0 Å². The van der Waals surface area contributed by atoms with Crippen LogP contribution in [0.25, 0.3) is 0 Å². The van der Waals surface area contributed by atoms with Crippen LogP contribution in [-0.2, 0) is 6.18 Å². The highest BCUT2D eigenvalue weighted by Crippen LogP contribution is 2.35. The lowest BCUT2D eigenvalue weighted by atomic mass is 9.99. The molecule has 0 N–H and O–H groups in total. The van der Waals surface area contributed by atoms with E-state index in [1.165, 1.54) is 4.68 Å². The predicted octanol–water partition coefficient (Wildman–Crippen LogP) is 3.35. The number of amides is 1. The Morgan fingerprint density at radius 1 is 1.15 bits per heavy atom. The van der Waals surface area contributed by atoms with E-state index < -0.39 is 17.8 Å². The summed E-state index contributed by atoms with van der Waals surface area (Å²) in [7, 11) is 1.96. The highest BCUT2D eigenvalue weighted by atomic mass is 19.4. The zero-order chi connectivity index (χ0) is 19.1. The lowest BCUT2D eigenvalue weighted by Gasteiger charge is -2.32. The van der Waals surface area contributed by atoms with Crippen LogP contribution in [0.2, 0.25) is 0 Å². The average Bonchev–Trinajstić information content (AvgIpc) is 2.92. The summed E-state index contributed by atoms with van der Waals surface area (Å²) < 4.78 is 42.3. The van der Waals surface area contributed by atoms with E-state index in [0.717, 1.165) is 32.2 Å². The van der Waals surface area contributed by atoms with Gasteiger partial charge in [0.15, 0.2) is 5.69 Å². The molecular formula is C18H27F3N4O. The second-order valence-corrected chi connectivity index (χ2v) is 7.81. The lowest BCUT2D eigenvalue weighted by Crippen LogP contribution is -2.40. The third-order valence-electron chi connectivity index (χ3n) is 5.52. The zero-order valence-corrected chi connectivity index (χ0v) is 15.6. The molecule has 146 valence electrons. The average molecular weight is 372 g/mol. The molecule has 0 saturated carbocycles. The molecule has 2 fully saturated rings. The Kier molecular flexibility index (Phi) is 5.33. The first kappa shape index (κ1) is 19.2. The van der Waals surface area contributed by atoms with Gasteiger partial charge in [0.2, 0.25) is 0 Å². The van der Waals surface area contributed by atoms with Crippen molar-refractivity contribution in [3.05, 3.63) is 17.0 Å². The van der Waals surface area contributed by atoms with Crippen LogP contribution in [0, 0.1) is 12.8 Å². The summed E-state index contributed by atoms with van der Waals surface area (Å²) in [6.45, 7) is 6.22. The molecule has 8 heteroatoms. The molecule has 0 radical (unpaired) electrons. The summed E-state index contributed by atoms with van der Waals surface area (Å²) in [6, 6.07) is -0.128. The SMILES string of the molecule is Cc1c(C(=O)N2CCC[C@H](C)C2)c(C(F)(F)F)nn1[C@@H]1CCCN(C)C1. The van der Waals surface area contributed by atoms with Crippen molar-refractivity contribution in [3.8, 4) is 0 Å². The quantitative estimate of drug-likeness (QED) is 0.800. The first-order chi connectivity index (χ1) is 12.2. The van der Waals surface area contributed by atoms with Gasteiger partial charge < -0.3 is 9.80 Å². The Hall–Kier alpha value is -1.57. The van der Waals surface area contributed by atoms with E-state index in [-0.39, 0.29) is 11.6 Å². The largest absolute Gasteiger partial charge is 0.435 e. The first-order valence-corrected chi connectivity index (χ1v) is 9.32. The number of rotatable bonds is 2. The maximum Gasteiger partial charge on any atom is 0.435 e. The van der Waals surface area contributed by atoms with Crippen LogP contribution in [0.1, 0.15) is 60.4 Å². The third kappa shape index (κ3) is 3.75. The summed E-state index contributed by atoms with van der Waals surface area (Å²) in [5.41, 5.74) is -0.966. The molecule has 0 unspecified atom stereocenters. The van der Waals surface area contributed by atoms with Crippen molar-refractivity contribution in [2.45, 2.75) is 51.7 Å². The van der Waals surface area contributed by atoms with Gasteiger partial charge in [-0.3, -0.25) is 9.48 Å². The van der Waals surface area contributed by atoms with Crippen LogP contribution in [-0.4, -0.2) is 58.7 Å². The van der Waals surface area contributed by atoms with Crippen LogP contribution in [0.3, 0.4) is 0 Å². The molecule has 1 aromatic heterocycles. The number of nitrogens with zero attached hydrogens (tertiary/aromatic N) is 4. The smallest absolute Gasteiger partial charge is 0.338 e. The van der Waals surface area contributed by atoms with Crippen LogP contribution < -0.4 is 0 Å². The molecule has 2 aliphatic rings. The fourth-order valence-electron chi connectivity index (χ4n) is 4.20. The van der Waals surface area contributed by atoms with Crippen molar-refractivity contribution >= 4 is 5.91 Å². The van der Waals surface area contributed by atoms with Crippen molar-refractivity contribution in [3.63, 3.8) is 0 Å². The summed E-state index contributed by atoms with van der Waals surface area (Å²) in [5, 5.41) is 3.89. The van der Waals surface area contributed by atoms with E-state index in [0.29, 0.717) is 31.2 Å². The molecule has 0 bridgehead atoms. The van der Waals surface area contributed by atoms with Crippen LogP contribution in [0.5, 0.6) is 0 Å². The summed E-state index contributed by atoms with van der Waals surface area (Å²) in [5.74, 6) is -0.221. The van der Waals surface area contributed by atoms with Gasteiger partial charge in [0, 0.05) is 25.3 Å². The normalized spacial score (nSPS) is 25.5. The van der Waals surface area contributed by atoms with E-state index in [1.807, 2.05) is 14.0 Å². The number of piperidine rings is 2. The number of halogens is 3. The number of alkyl halides is 3. The van der Waals surface area contributed by atoms with Gasteiger partial charge in [-0.05, 0) is 52.1 Å². The lowest BCUT2D eigenvalue weighted by molar-refractivity contribution is -0.142. The van der Waals surface area contributed by atoms with Gasteiger partial charge in [0.1, 0.15) is 0 Å². The monoisotopic (exact) mass is 372 g/mol. The Morgan fingerprint density at radius 2 is 1.85 bits per heavy atom. The van der Waals surface area contributed by atoms with Crippen molar-refractivity contribution in [1.82, 2.24) is 19.6 Å². The van der Waals surface area contributed by atoms with Gasteiger partial charge in [-0.25, -0.2) is 0 Å². The molecule has 0 spiro atoms. The number of likely N-dealkylation sites (N-methyl/N-ethyl adjacent to an activating group) is 1. The number of carbonyl (C=O) groups excluding carboxylic acids is 1. The van der Waals surface area contributed by atoms with Gasteiger partial charge in [0.25, 0.3) is 5.91 Å². The second kappa shape index (κ2) is 7.21. The summed E-state index contributed by atoms with van der Waals surface area (Å²) in [6.07, 6.45) is -1.12. The number of likely N-dealkylation sites (tertiary alicyclic amines) is 2.